The van der Waals surface area contributed by atoms with Gasteiger partial charge in [-0.15, -0.1) is 0 Å². The number of rotatable bonds is 5. The molecule has 1 aliphatic heterocycles. The normalized spacial score (nSPS) is 14.6. The second-order valence-corrected chi connectivity index (χ2v) is 4.20. The average Bonchev–Trinajstić information content (AvgIpc) is 2.39. The fourth-order valence-electron chi connectivity index (χ4n) is 1.77. The molecule has 0 fully saturated rings. The van der Waals surface area contributed by atoms with E-state index in [1.54, 1.807) is 0 Å². The van der Waals surface area contributed by atoms with E-state index in [9.17, 15) is 0 Å². The molecule has 0 N–H and O–H groups in total. The quantitative estimate of drug-likeness (QED) is 0.758. The highest BCUT2D eigenvalue weighted by Crippen LogP contribution is 2.16. The molecule has 0 unspecified atom stereocenters. The molecule has 0 aromatic heterocycles. The van der Waals surface area contributed by atoms with Gasteiger partial charge >= 0.3 is 0 Å². The zero-order chi connectivity index (χ0) is 11.9. The van der Waals surface area contributed by atoms with Crippen LogP contribution in [0.2, 0.25) is 0 Å². The van der Waals surface area contributed by atoms with Gasteiger partial charge in [0.15, 0.2) is 5.75 Å². The van der Waals surface area contributed by atoms with Gasteiger partial charge in [0.1, 0.15) is 0 Å². The number of unbranched alkanes of at least 4 members (excludes halogenated alkanes) is 1. The van der Waals surface area contributed by atoms with Crippen LogP contribution in [0.3, 0.4) is 0 Å². The molecule has 2 rings (SSSR count). The maximum atomic E-state index is 5.71. The maximum Gasteiger partial charge on any atom is 0.155 e. The zero-order valence-corrected chi connectivity index (χ0v) is 10.3. The lowest BCUT2D eigenvalue weighted by Crippen LogP contribution is -2.23. The Bertz CT molecular complexity index is 395. The molecular formula is C15H19NO. The van der Waals surface area contributed by atoms with Crippen molar-refractivity contribution in [2.45, 2.75) is 26.2 Å². The van der Waals surface area contributed by atoms with Crippen LogP contribution in [0, 0.1) is 0 Å². The van der Waals surface area contributed by atoms with E-state index in [0.29, 0.717) is 0 Å². The van der Waals surface area contributed by atoms with Crippen LogP contribution >= 0.6 is 0 Å². The van der Waals surface area contributed by atoms with Crippen molar-refractivity contribution in [3.8, 4) is 5.75 Å². The first-order chi connectivity index (χ1) is 8.38. The molecule has 2 heteroatoms. The van der Waals surface area contributed by atoms with E-state index in [2.05, 4.69) is 19.1 Å². The number of nitrogens with zero attached hydrogens (tertiary/aromatic N) is 1. The van der Waals surface area contributed by atoms with Crippen LogP contribution < -0.4 is 4.84 Å². The van der Waals surface area contributed by atoms with E-state index >= 15 is 0 Å². The van der Waals surface area contributed by atoms with E-state index in [4.69, 9.17) is 4.84 Å². The molecule has 1 aromatic carbocycles. The molecular weight excluding hydrogens is 210 g/mol. The minimum absolute atomic E-state index is 0.824. The molecule has 0 amide bonds. The lowest BCUT2D eigenvalue weighted by molar-refractivity contribution is 0.00308. The van der Waals surface area contributed by atoms with Crippen molar-refractivity contribution in [1.82, 2.24) is 5.06 Å². The van der Waals surface area contributed by atoms with Gasteiger partial charge in [-0.25, -0.2) is 5.06 Å². The number of hydroxylamine groups is 2. The van der Waals surface area contributed by atoms with Crippen molar-refractivity contribution in [2.24, 2.45) is 0 Å². The van der Waals surface area contributed by atoms with Gasteiger partial charge in [0.05, 0.1) is 6.54 Å². The smallest absolute Gasteiger partial charge is 0.155 e. The SMILES string of the molecule is CCCCC1=CCN(Oc2ccccc2)C=C1. The Labute approximate surface area is 103 Å². The Morgan fingerprint density at radius 1 is 1.24 bits per heavy atom. The molecule has 2 nitrogen and oxygen atoms in total. The molecule has 0 radical (unpaired) electrons. The lowest BCUT2D eigenvalue weighted by Gasteiger charge is -2.22. The van der Waals surface area contributed by atoms with Crippen LogP contribution in [-0.2, 0) is 0 Å². The van der Waals surface area contributed by atoms with Gasteiger partial charge < -0.3 is 4.84 Å². The van der Waals surface area contributed by atoms with Gasteiger partial charge in [-0.1, -0.05) is 37.6 Å². The highest BCUT2D eigenvalue weighted by Gasteiger charge is 2.05. The second-order valence-electron chi connectivity index (χ2n) is 4.20. The molecule has 1 aromatic rings. The number of hydrogen-bond donors (Lipinski definition) is 0. The third-order valence-corrected chi connectivity index (χ3v) is 2.77. The standard InChI is InChI=1S/C15H19NO/c1-2-3-7-14-10-12-16(13-11-14)17-15-8-5-4-6-9-15/h4-6,8-12H,2-3,7,13H2,1H3. The van der Waals surface area contributed by atoms with E-state index in [-0.39, 0.29) is 0 Å². The van der Waals surface area contributed by atoms with Crippen molar-refractivity contribution in [2.75, 3.05) is 6.54 Å². The molecule has 0 bridgehead atoms. The summed E-state index contributed by atoms with van der Waals surface area (Å²) in [5, 5.41) is 1.85. The first-order valence-electron chi connectivity index (χ1n) is 6.25. The zero-order valence-electron chi connectivity index (χ0n) is 10.3. The first-order valence-corrected chi connectivity index (χ1v) is 6.25. The Hall–Kier alpha value is -1.70. The largest absolute Gasteiger partial charge is 0.380 e. The molecule has 1 heterocycles. The van der Waals surface area contributed by atoms with E-state index in [0.717, 1.165) is 12.3 Å². The van der Waals surface area contributed by atoms with Crippen molar-refractivity contribution in [3.05, 3.63) is 54.3 Å². The molecule has 0 spiro atoms. The number of benzene rings is 1. The van der Waals surface area contributed by atoms with Crippen LogP contribution in [-0.4, -0.2) is 11.6 Å². The van der Waals surface area contributed by atoms with Crippen molar-refractivity contribution in [1.29, 1.82) is 0 Å². The fourth-order valence-corrected chi connectivity index (χ4v) is 1.77. The summed E-state index contributed by atoms with van der Waals surface area (Å²) in [5.41, 5.74) is 1.42. The van der Waals surface area contributed by atoms with Crippen molar-refractivity contribution in [3.63, 3.8) is 0 Å². The number of allylic oxidation sites excluding steroid dienone is 2. The fraction of sp³-hybridized carbons (Fsp3) is 0.333. The average molecular weight is 229 g/mol. The van der Waals surface area contributed by atoms with E-state index in [1.165, 1.54) is 24.8 Å². The molecule has 17 heavy (non-hydrogen) atoms. The third kappa shape index (κ3) is 3.66. The summed E-state index contributed by atoms with van der Waals surface area (Å²) in [5.74, 6) is 0.877. The summed E-state index contributed by atoms with van der Waals surface area (Å²) >= 11 is 0. The van der Waals surface area contributed by atoms with Gasteiger partial charge in [0.2, 0.25) is 0 Å². The van der Waals surface area contributed by atoms with Crippen LogP contribution in [0.5, 0.6) is 5.75 Å². The van der Waals surface area contributed by atoms with Gasteiger partial charge in [0, 0.05) is 6.20 Å². The van der Waals surface area contributed by atoms with Crippen molar-refractivity contribution < 1.29 is 4.84 Å². The Morgan fingerprint density at radius 2 is 2.06 bits per heavy atom. The predicted molar refractivity (Wildman–Crippen MR) is 70.5 cm³/mol. The van der Waals surface area contributed by atoms with Gasteiger partial charge in [-0.2, -0.15) is 0 Å². The summed E-state index contributed by atoms with van der Waals surface area (Å²) < 4.78 is 0. The number of para-hydroxylation sites is 1. The molecule has 1 aliphatic rings. The Kier molecular flexibility index (Phi) is 4.25. The molecule has 0 atom stereocenters. The molecule has 0 saturated heterocycles. The van der Waals surface area contributed by atoms with Crippen LogP contribution in [0.4, 0.5) is 0 Å². The van der Waals surface area contributed by atoms with Gasteiger partial charge in [-0.3, -0.25) is 0 Å². The second kappa shape index (κ2) is 6.14. The summed E-state index contributed by atoms with van der Waals surface area (Å²) in [6.45, 7) is 3.04. The Balaban J connectivity index is 1.84. The highest BCUT2D eigenvalue weighted by atomic mass is 16.7. The topological polar surface area (TPSA) is 12.5 Å². The lowest BCUT2D eigenvalue weighted by atomic mass is 10.1. The first kappa shape index (κ1) is 11.8. The number of hydrogen-bond acceptors (Lipinski definition) is 2. The van der Waals surface area contributed by atoms with Crippen LogP contribution in [0.25, 0.3) is 0 Å². The summed E-state index contributed by atoms with van der Waals surface area (Å²) in [4.78, 5) is 5.71. The summed E-state index contributed by atoms with van der Waals surface area (Å²) in [7, 11) is 0. The van der Waals surface area contributed by atoms with Crippen LogP contribution in [0.1, 0.15) is 26.2 Å². The maximum absolute atomic E-state index is 5.71. The Morgan fingerprint density at radius 3 is 2.71 bits per heavy atom. The van der Waals surface area contributed by atoms with Gasteiger partial charge in [-0.05, 0) is 36.6 Å². The molecule has 0 saturated carbocycles. The van der Waals surface area contributed by atoms with Gasteiger partial charge in [0.25, 0.3) is 0 Å². The summed E-state index contributed by atoms with van der Waals surface area (Å²) in [6, 6.07) is 9.87. The predicted octanol–water partition coefficient (Wildman–Crippen LogP) is 3.93. The van der Waals surface area contributed by atoms with E-state index < -0.39 is 0 Å². The van der Waals surface area contributed by atoms with E-state index in [1.807, 2.05) is 41.6 Å². The van der Waals surface area contributed by atoms with Crippen molar-refractivity contribution >= 4 is 0 Å². The molecule has 90 valence electrons. The van der Waals surface area contributed by atoms with Crippen LogP contribution in [0.15, 0.2) is 54.3 Å². The minimum atomic E-state index is 0.824. The minimum Gasteiger partial charge on any atom is -0.380 e. The summed E-state index contributed by atoms with van der Waals surface area (Å²) in [6.07, 6.45) is 10.1. The third-order valence-electron chi connectivity index (χ3n) is 2.77. The highest BCUT2D eigenvalue weighted by molar-refractivity contribution is 5.24. The monoisotopic (exact) mass is 229 g/mol. The molecule has 0 aliphatic carbocycles.